The van der Waals surface area contributed by atoms with Crippen molar-refractivity contribution in [1.82, 2.24) is 0 Å². The first kappa shape index (κ1) is 42.3. The number of halogens is 21. The van der Waals surface area contributed by atoms with Gasteiger partial charge in [-0.3, -0.25) is 0 Å². The molecule has 0 amide bonds. The summed E-state index contributed by atoms with van der Waals surface area (Å²) in [6.07, 6.45) is -34.3. The van der Waals surface area contributed by atoms with Crippen molar-refractivity contribution in [1.29, 1.82) is 0 Å². The molecule has 0 N–H and O–H groups in total. The zero-order valence-corrected chi connectivity index (χ0v) is 24.3. The van der Waals surface area contributed by atoms with Crippen molar-refractivity contribution in [2.24, 2.45) is 0 Å². The van der Waals surface area contributed by atoms with E-state index in [0.717, 1.165) is 0 Å². The van der Waals surface area contributed by atoms with Crippen LogP contribution in [0.5, 0.6) is 0 Å². The molecule has 0 fully saturated rings. The van der Waals surface area contributed by atoms with Crippen molar-refractivity contribution in [2.45, 2.75) is 113 Å². The predicted molar refractivity (Wildman–Crippen MR) is 107 cm³/mol. The number of alkyl halides is 21. The molecule has 0 radical (unpaired) electrons. The molecule has 0 spiro atoms. The Bertz CT molecular complexity index is 776. The molecule has 1 nitrogen and oxygen atoms in total. The Morgan fingerprint density at radius 3 is 0.907 bits per heavy atom. The Hall–Kier alpha value is -0.711. The number of rotatable bonds is 17. The second-order valence-corrected chi connectivity index (χ2v) is 19.6. The molecule has 0 aromatic carbocycles. The summed E-state index contributed by atoms with van der Waals surface area (Å²) in [7, 11) is 0. The first-order valence-corrected chi connectivity index (χ1v) is 17.2. The molecule has 260 valence electrons. The van der Waals surface area contributed by atoms with Gasteiger partial charge in [-0.05, 0) is 0 Å². The van der Waals surface area contributed by atoms with Crippen LogP contribution < -0.4 is 0 Å². The van der Waals surface area contributed by atoms with E-state index >= 15 is 26.3 Å². The van der Waals surface area contributed by atoms with Crippen molar-refractivity contribution >= 4 is 18.8 Å². The van der Waals surface area contributed by atoms with Crippen molar-refractivity contribution in [2.75, 3.05) is 6.61 Å². The number of hydrogen-bond acceptors (Lipinski definition) is 1. The molecule has 0 saturated heterocycles. The molecule has 0 bridgehead atoms. The predicted octanol–water partition coefficient (Wildman–Crippen LogP) is 10.6. The molecular formula is C20H23F21OSn. The minimum absolute atomic E-state index is 0.110. The average molecular weight is 797 g/mol. The van der Waals surface area contributed by atoms with Crippen LogP contribution in [0.2, 0.25) is 0 Å². The van der Waals surface area contributed by atoms with E-state index in [2.05, 4.69) is 3.07 Å². The topological polar surface area (TPSA) is 9.23 Å². The zero-order chi connectivity index (χ0) is 34.8. The van der Waals surface area contributed by atoms with E-state index in [0.29, 0.717) is 12.8 Å². The summed E-state index contributed by atoms with van der Waals surface area (Å²) in [6, 6.07) is 0. The third-order valence-corrected chi connectivity index (χ3v) is 18.3. The van der Waals surface area contributed by atoms with Gasteiger partial charge in [-0.2, -0.15) is 0 Å². The summed E-state index contributed by atoms with van der Waals surface area (Å²) >= 11 is -11.7. The van der Waals surface area contributed by atoms with Crippen LogP contribution in [0.4, 0.5) is 92.2 Å². The van der Waals surface area contributed by atoms with Gasteiger partial charge in [-0.15, -0.1) is 0 Å². The molecule has 0 unspecified atom stereocenters. The average Bonchev–Trinajstić information content (AvgIpc) is 2.69. The fourth-order valence-corrected chi connectivity index (χ4v) is 15.2. The van der Waals surface area contributed by atoms with Crippen LogP contribution in [0.15, 0.2) is 0 Å². The van der Waals surface area contributed by atoms with E-state index in [1.165, 1.54) is 0 Å². The van der Waals surface area contributed by atoms with Crippen molar-refractivity contribution in [3.8, 4) is 0 Å². The van der Waals surface area contributed by atoms with E-state index in [9.17, 15) is 65.9 Å². The van der Waals surface area contributed by atoms with Crippen LogP contribution in [0.1, 0.15) is 64.7 Å². The van der Waals surface area contributed by atoms with Gasteiger partial charge in [0.25, 0.3) is 0 Å². The number of hydrogen-bond donors (Lipinski definition) is 0. The molecule has 0 saturated carbocycles. The Morgan fingerprint density at radius 1 is 0.395 bits per heavy atom. The minimum atomic E-state index is -11.7. The molecular weight excluding hydrogens is 774 g/mol. The van der Waals surface area contributed by atoms with Gasteiger partial charge in [0.05, 0.1) is 0 Å². The second-order valence-electron chi connectivity index (χ2n) is 9.51. The molecule has 23 heteroatoms. The Kier molecular flexibility index (Phi) is 13.3. The van der Waals surface area contributed by atoms with E-state index in [4.69, 9.17) is 0 Å². The summed E-state index contributed by atoms with van der Waals surface area (Å²) < 4.78 is 269. The fraction of sp³-hybridized carbons (Fsp3) is 1.00. The molecule has 0 heterocycles. The van der Waals surface area contributed by atoms with Crippen molar-refractivity contribution < 1.29 is 95.3 Å². The van der Waals surface area contributed by atoms with Crippen LogP contribution in [-0.2, 0) is 3.07 Å². The van der Waals surface area contributed by atoms with Crippen molar-refractivity contribution in [3.63, 3.8) is 0 Å². The zero-order valence-electron chi connectivity index (χ0n) is 21.4. The maximum atomic E-state index is 15.2. The molecule has 0 atom stereocenters. The Balaban J connectivity index is 7.84. The van der Waals surface area contributed by atoms with Gasteiger partial charge >= 0.3 is 233 Å². The van der Waals surface area contributed by atoms with Gasteiger partial charge in [0, 0.05) is 0 Å². The van der Waals surface area contributed by atoms with E-state index in [-0.39, 0.29) is 12.8 Å². The monoisotopic (exact) mass is 798 g/mol. The fourth-order valence-electron chi connectivity index (χ4n) is 3.83. The third kappa shape index (κ3) is 9.65. The molecule has 0 aliphatic heterocycles. The summed E-state index contributed by atoms with van der Waals surface area (Å²) in [5.74, 6) is -22.5. The summed E-state index contributed by atoms with van der Waals surface area (Å²) in [5, 5.41) is 0. The van der Waals surface area contributed by atoms with Gasteiger partial charge in [0.15, 0.2) is 0 Å². The van der Waals surface area contributed by atoms with Gasteiger partial charge < -0.3 is 0 Å². The molecule has 43 heavy (non-hydrogen) atoms. The summed E-state index contributed by atoms with van der Waals surface area (Å²) in [4.78, 5) is 0. The van der Waals surface area contributed by atoms with Crippen molar-refractivity contribution in [3.05, 3.63) is 0 Å². The van der Waals surface area contributed by atoms with Gasteiger partial charge in [0.2, 0.25) is 0 Å². The molecule has 0 aliphatic carbocycles. The van der Waals surface area contributed by atoms with Crippen LogP contribution in [0, 0.1) is 0 Å². The normalized spacial score (nSPS) is 15.8. The molecule has 0 aromatic rings. The number of unbranched alkanes of at least 4 members (excludes halogenated alkanes) is 5. The first-order chi connectivity index (χ1) is 18.7. The molecule has 0 aliphatic rings. The standard InChI is InChI=1S/C8H17O.3C4H2F7.Sn/c1-2-3-4-5-6-7-8-9;3*5-2(6)3(7,8)1-4(9,10)11;/h2-8H2,1H3;3*1H2;/q-1;;;;+1. The molecule has 0 aromatic heterocycles. The van der Waals surface area contributed by atoms with Gasteiger partial charge in [-0.1, -0.05) is 0 Å². The van der Waals surface area contributed by atoms with E-state index in [1.807, 2.05) is 0 Å². The Morgan fingerprint density at radius 2 is 0.651 bits per heavy atom. The second kappa shape index (κ2) is 13.6. The summed E-state index contributed by atoms with van der Waals surface area (Å²) in [5.41, 5.74) is 0. The van der Waals surface area contributed by atoms with Gasteiger partial charge in [0.1, 0.15) is 0 Å². The first-order valence-electron chi connectivity index (χ1n) is 11.8. The molecule has 0 rings (SSSR count). The quantitative estimate of drug-likeness (QED) is 0.0809. The van der Waals surface area contributed by atoms with E-state index < -0.39 is 106 Å². The van der Waals surface area contributed by atoms with Crippen LogP contribution in [0.3, 0.4) is 0 Å². The SMILES string of the molecule is CCCCCCCC[O][Sn]([C](F)(F)C(F)(F)CC(F)(F)F)([C](F)(F)C(F)(F)CC(F)(F)F)[C](F)(F)C(F)(F)CC(F)(F)F. The van der Waals surface area contributed by atoms with Crippen LogP contribution in [0.25, 0.3) is 0 Å². The van der Waals surface area contributed by atoms with Crippen LogP contribution >= 0.6 is 0 Å². The maximum absolute atomic E-state index is 15.2. The third-order valence-electron chi connectivity index (χ3n) is 5.79. The van der Waals surface area contributed by atoms with E-state index in [1.54, 1.807) is 6.92 Å². The Labute approximate surface area is 233 Å². The van der Waals surface area contributed by atoms with Gasteiger partial charge in [-0.25, -0.2) is 0 Å². The summed E-state index contributed by atoms with van der Waals surface area (Å²) in [6.45, 7) is -0.739. The van der Waals surface area contributed by atoms with Crippen LogP contribution in [-0.4, -0.2) is 73.5 Å².